The van der Waals surface area contributed by atoms with Gasteiger partial charge in [0, 0.05) is 12.0 Å². The molecular weight excluding hydrogens is 380 g/mol. The second kappa shape index (κ2) is 8.53. The number of carbonyl (C=O) groups is 1. The third-order valence-corrected chi connectivity index (χ3v) is 2.89. The summed E-state index contributed by atoms with van der Waals surface area (Å²) in [5.41, 5.74) is -0.0922. The molecule has 0 spiro atoms. The van der Waals surface area contributed by atoms with Gasteiger partial charge in [-0.05, 0) is 13.8 Å². The minimum atomic E-state index is -4.66. The van der Waals surface area contributed by atoms with E-state index in [2.05, 4.69) is 11.3 Å². The molecule has 11 heteroatoms. The summed E-state index contributed by atoms with van der Waals surface area (Å²) in [6.07, 6.45) is -10.7. The van der Waals surface area contributed by atoms with Crippen LogP contribution in [0.3, 0.4) is 0 Å². The van der Waals surface area contributed by atoms with E-state index in [1.807, 2.05) is 0 Å². The summed E-state index contributed by atoms with van der Waals surface area (Å²) in [5.74, 6) is -18.5. The molecule has 3 nitrogen and oxygen atoms in total. The summed E-state index contributed by atoms with van der Waals surface area (Å²) in [4.78, 5) is 11.0. The van der Waals surface area contributed by atoms with Gasteiger partial charge in [-0.3, -0.25) is 0 Å². The number of esters is 1. The highest BCUT2D eigenvalue weighted by atomic mass is 19.3. The van der Waals surface area contributed by atoms with E-state index >= 15 is 0 Å². The lowest BCUT2D eigenvalue weighted by Crippen LogP contribution is -2.39. The smallest absolute Gasteiger partial charge is 0.333 e. The highest BCUT2D eigenvalue weighted by molar-refractivity contribution is 5.86. The fourth-order valence-electron chi connectivity index (χ4n) is 2.11. The van der Waals surface area contributed by atoms with Crippen molar-refractivity contribution in [1.82, 2.24) is 0 Å². The molecule has 0 aromatic rings. The number of hydrogen-bond acceptors (Lipinski definition) is 3. The van der Waals surface area contributed by atoms with Crippen LogP contribution in [0.25, 0.3) is 0 Å². The van der Waals surface area contributed by atoms with Crippen LogP contribution < -0.4 is 0 Å². The molecule has 0 aromatic carbocycles. The highest BCUT2D eigenvalue weighted by Crippen LogP contribution is 2.43. The van der Waals surface area contributed by atoms with Crippen LogP contribution in [-0.2, 0) is 9.53 Å². The summed E-state index contributed by atoms with van der Waals surface area (Å²) in [6.45, 7) is 3.58. The van der Waals surface area contributed by atoms with Gasteiger partial charge in [0.25, 0.3) is 23.7 Å². The molecule has 0 aliphatic rings. The normalized spacial score (nSPS) is 14.9. The minimum Gasteiger partial charge on any atom is -0.460 e. The van der Waals surface area contributed by atoms with Gasteiger partial charge < -0.3 is 9.84 Å². The van der Waals surface area contributed by atoms with Crippen molar-refractivity contribution in [3.8, 4) is 0 Å². The zero-order valence-corrected chi connectivity index (χ0v) is 14.1. The lowest BCUT2D eigenvalue weighted by Gasteiger charge is -2.28. The van der Waals surface area contributed by atoms with Crippen LogP contribution in [0.1, 0.15) is 39.5 Å². The van der Waals surface area contributed by atoms with Crippen molar-refractivity contribution in [3.05, 3.63) is 12.2 Å². The Bertz CT molecular complexity index is 500. The number of carbonyl (C=O) groups excluding carboxylic acids is 1. The van der Waals surface area contributed by atoms with Crippen LogP contribution >= 0.6 is 0 Å². The first-order valence-corrected chi connectivity index (χ1v) is 7.36. The molecule has 0 bridgehead atoms. The minimum absolute atomic E-state index is 0.0922. The third-order valence-electron chi connectivity index (χ3n) is 2.89. The van der Waals surface area contributed by atoms with E-state index in [0.29, 0.717) is 0 Å². The Labute approximate surface area is 145 Å². The maximum absolute atomic E-state index is 13.6. The summed E-state index contributed by atoms with van der Waals surface area (Å²) in [7, 11) is 0. The van der Waals surface area contributed by atoms with Gasteiger partial charge in [-0.2, -0.15) is 0 Å². The monoisotopic (exact) mass is 400 g/mol. The SMILES string of the molecule is C=C(C)C(=O)OCC(O)CC(F)(F)CC(F)(F)CC(F)(F)CC(C)(F)F. The van der Waals surface area contributed by atoms with E-state index in [-0.39, 0.29) is 12.5 Å². The first-order chi connectivity index (χ1) is 11.3. The number of rotatable bonds is 11. The molecule has 0 heterocycles. The fourth-order valence-corrected chi connectivity index (χ4v) is 2.11. The average molecular weight is 400 g/mol. The Morgan fingerprint density at radius 2 is 1.38 bits per heavy atom. The van der Waals surface area contributed by atoms with Gasteiger partial charge in [-0.1, -0.05) is 6.58 Å². The van der Waals surface area contributed by atoms with E-state index in [4.69, 9.17) is 0 Å². The fraction of sp³-hybridized carbons (Fsp3) is 0.800. The van der Waals surface area contributed by atoms with Crippen molar-refractivity contribution in [2.24, 2.45) is 0 Å². The molecule has 154 valence electrons. The van der Waals surface area contributed by atoms with Gasteiger partial charge in [0.15, 0.2) is 0 Å². The van der Waals surface area contributed by atoms with Crippen LogP contribution in [0.2, 0.25) is 0 Å². The Balaban J connectivity index is 4.74. The number of halogens is 8. The van der Waals surface area contributed by atoms with Gasteiger partial charge in [-0.25, -0.2) is 39.9 Å². The number of alkyl halides is 8. The Kier molecular flexibility index (Phi) is 8.08. The number of aliphatic hydroxyl groups excluding tert-OH is 1. The molecule has 1 N–H and O–H groups in total. The third kappa shape index (κ3) is 11.3. The van der Waals surface area contributed by atoms with Crippen molar-refractivity contribution in [3.63, 3.8) is 0 Å². The molecule has 1 atom stereocenters. The molecule has 0 aliphatic carbocycles. The molecule has 0 aliphatic heterocycles. The Morgan fingerprint density at radius 3 is 1.81 bits per heavy atom. The quantitative estimate of drug-likeness (QED) is 0.314. The van der Waals surface area contributed by atoms with Crippen molar-refractivity contribution >= 4 is 5.97 Å². The van der Waals surface area contributed by atoms with Crippen LogP contribution in [0.15, 0.2) is 12.2 Å². The summed E-state index contributed by atoms with van der Waals surface area (Å²) in [5, 5.41) is 9.32. The van der Waals surface area contributed by atoms with Crippen molar-refractivity contribution in [2.75, 3.05) is 6.61 Å². The lowest BCUT2D eigenvalue weighted by molar-refractivity contribution is -0.183. The van der Waals surface area contributed by atoms with E-state index in [1.165, 1.54) is 6.92 Å². The molecule has 1 unspecified atom stereocenters. The average Bonchev–Trinajstić information content (AvgIpc) is 2.28. The maximum atomic E-state index is 13.6. The molecule has 0 aromatic heterocycles. The maximum Gasteiger partial charge on any atom is 0.333 e. The first kappa shape index (κ1) is 24.6. The Morgan fingerprint density at radius 1 is 0.962 bits per heavy atom. The number of ether oxygens (including phenoxy) is 1. The first-order valence-electron chi connectivity index (χ1n) is 7.36. The molecule has 0 saturated heterocycles. The molecule has 0 fully saturated rings. The van der Waals surface area contributed by atoms with Crippen LogP contribution in [0.5, 0.6) is 0 Å². The topological polar surface area (TPSA) is 46.5 Å². The second-order valence-corrected chi connectivity index (χ2v) is 6.41. The predicted octanol–water partition coefficient (Wildman–Crippen LogP) is 4.59. The zero-order chi connectivity index (χ0) is 21.0. The van der Waals surface area contributed by atoms with E-state index in [0.717, 1.165) is 0 Å². The molecule has 26 heavy (non-hydrogen) atoms. The van der Waals surface area contributed by atoms with Crippen LogP contribution in [0.4, 0.5) is 35.1 Å². The van der Waals surface area contributed by atoms with Crippen LogP contribution in [0, 0.1) is 0 Å². The predicted molar refractivity (Wildman–Crippen MR) is 75.7 cm³/mol. The van der Waals surface area contributed by atoms with Gasteiger partial charge in [0.1, 0.15) is 6.61 Å². The van der Waals surface area contributed by atoms with Crippen molar-refractivity contribution in [2.45, 2.75) is 69.3 Å². The van der Waals surface area contributed by atoms with E-state index in [1.54, 1.807) is 0 Å². The summed E-state index contributed by atoms with van der Waals surface area (Å²) >= 11 is 0. The highest BCUT2D eigenvalue weighted by Gasteiger charge is 2.52. The molecule has 0 amide bonds. The molecule has 0 saturated carbocycles. The largest absolute Gasteiger partial charge is 0.460 e. The zero-order valence-electron chi connectivity index (χ0n) is 14.1. The molecular formula is C15H20F8O3. The van der Waals surface area contributed by atoms with Crippen molar-refractivity contribution in [1.29, 1.82) is 0 Å². The van der Waals surface area contributed by atoms with Crippen LogP contribution in [-0.4, -0.2) is 47.5 Å². The molecule has 0 radical (unpaired) electrons. The second-order valence-electron chi connectivity index (χ2n) is 6.41. The van der Waals surface area contributed by atoms with E-state index in [9.17, 15) is 45.0 Å². The lowest BCUT2D eigenvalue weighted by atomic mass is 9.97. The number of aliphatic hydroxyl groups is 1. The van der Waals surface area contributed by atoms with Gasteiger partial charge in [0.2, 0.25) is 0 Å². The summed E-state index contributed by atoms with van der Waals surface area (Å²) in [6, 6.07) is 0. The van der Waals surface area contributed by atoms with E-state index < -0.39 is 68.1 Å². The van der Waals surface area contributed by atoms with Crippen molar-refractivity contribution < 1.29 is 49.8 Å². The van der Waals surface area contributed by atoms with Gasteiger partial charge in [0.05, 0.1) is 25.4 Å². The summed E-state index contributed by atoms with van der Waals surface area (Å²) < 4.78 is 110. The standard InChI is InChI=1S/C15H20F8O3/c1-9(2)11(25)26-5-10(24)4-13(18,19)7-15(22,23)8-14(20,21)6-12(3,16)17/h10,24H,1,4-8H2,2-3H3. The van der Waals surface area contributed by atoms with Gasteiger partial charge >= 0.3 is 5.97 Å². The number of hydrogen-bond donors (Lipinski definition) is 1. The van der Waals surface area contributed by atoms with Gasteiger partial charge in [-0.15, -0.1) is 0 Å². The Hall–Kier alpha value is -1.39. The molecule has 0 rings (SSSR count).